The molecule has 2 rings (SSSR count). The smallest absolute Gasteiger partial charge is 0.253 e. The number of benzene rings is 1. The highest BCUT2D eigenvalue weighted by Crippen LogP contribution is 2.28. The van der Waals surface area contributed by atoms with Gasteiger partial charge in [0.1, 0.15) is 0 Å². The van der Waals surface area contributed by atoms with Crippen molar-refractivity contribution in [2.45, 2.75) is 31.2 Å². The van der Waals surface area contributed by atoms with Crippen molar-refractivity contribution in [3.05, 3.63) is 35.4 Å². The van der Waals surface area contributed by atoms with Crippen LogP contribution in [0.1, 0.15) is 46.4 Å². The van der Waals surface area contributed by atoms with Gasteiger partial charge in [-0.2, -0.15) is 0 Å². The van der Waals surface area contributed by atoms with E-state index < -0.39 is 0 Å². The molecule has 0 atom stereocenters. The van der Waals surface area contributed by atoms with E-state index in [1.165, 1.54) is 4.90 Å². The lowest BCUT2D eigenvalue weighted by atomic mass is 9.97. The van der Waals surface area contributed by atoms with Crippen LogP contribution in [0.2, 0.25) is 0 Å². The molecular formula is C16H24ClN3O2. The van der Waals surface area contributed by atoms with Gasteiger partial charge in [-0.25, -0.2) is 0 Å². The third-order valence-corrected chi connectivity index (χ3v) is 4.13. The third kappa shape index (κ3) is 3.99. The molecule has 3 N–H and O–H groups in total. The summed E-state index contributed by atoms with van der Waals surface area (Å²) in [7, 11) is 3.40. The molecule has 1 aromatic rings. The van der Waals surface area contributed by atoms with Crippen molar-refractivity contribution in [3.8, 4) is 0 Å². The van der Waals surface area contributed by atoms with Crippen LogP contribution < -0.4 is 11.1 Å². The minimum atomic E-state index is -0.255. The molecule has 1 aromatic carbocycles. The van der Waals surface area contributed by atoms with E-state index in [1.807, 2.05) is 0 Å². The molecule has 22 heavy (non-hydrogen) atoms. The van der Waals surface area contributed by atoms with E-state index in [1.54, 1.807) is 38.4 Å². The topological polar surface area (TPSA) is 75.4 Å². The van der Waals surface area contributed by atoms with Gasteiger partial charge in [-0.15, -0.1) is 12.4 Å². The van der Waals surface area contributed by atoms with E-state index in [4.69, 9.17) is 5.73 Å². The first-order valence-electron chi connectivity index (χ1n) is 7.32. The molecule has 1 aliphatic rings. The Labute approximate surface area is 137 Å². The number of hydrogen-bond acceptors (Lipinski definition) is 3. The average molecular weight is 326 g/mol. The molecule has 2 amide bonds. The van der Waals surface area contributed by atoms with Gasteiger partial charge in [0.15, 0.2) is 0 Å². The Kier molecular flexibility index (Phi) is 6.38. The SMILES string of the molecule is CN(C)C(=O)c1ccc(C(=O)NC2(CN)CCCC2)cc1.Cl. The van der Waals surface area contributed by atoms with Gasteiger partial charge in [0, 0.05) is 31.8 Å². The molecule has 5 nitrogen and oxygen atoms in total. The summed E-state index contributed by atoms with van der Waals surface area (Å²) in [6, 6.07) is 6.73. The maximum absolute atomic E-state index is 12.3. The zero-order valence-electron chi connectivity index (χ0n) is 13.1. The fraction of sp³-hybridized carbons (Fsp3) is 0.500. The van der Waals surface area contributed by atoms with Crippen LogP contribution in [0.4, 0.5) is 0 Å². The summed E-state index contributed by atoms with van der Waals surface area (Å²) in [6.07, 6.45) is 4.08. The van der Waals surface area contributed by atoms with Crippen molar-refractivity contribution in [1.82, 2.24) is 10.2 Å². The summed E-state index contributed by atoms with van der Waals surface area (Å²) in [4.78, 5) is 25.6. The van der Waals surface area contributed by atoms with Crippen molar-refractivity contribution in [2.24, 2.45) is 5.73 Å². The molecule has 0 unspecified atom stereocenters. The van der Waals surface area contributed by atoms with Crippen molar-refractivity contribution in [3.63, 3.8) is 0 Å². The number of carbonyl (C=O) groups excluding carboxylic acids is 2. The molecule has 0 spiro atoms. The van der Waals surface area contributed by atoms with Gasteiger partial charge in [-0.3, -0.25) is 9.59 Å². The Morgan fingerprint density at radius 2 is 1.64 bits per heavy atom. The van der Waals surface area contributed by atoms with E-state index in [-0.39, 0.29) is 29.8 Å². The lowest BCUT2D eigenvalue weighted by molar-refractivity contribution is 0.0825. The number of nitrogens with two attached hydrogens (primary N) is 1. The highest BCUT2D eigenvalue weighted by atomic mass is 35.5. The number of nitrogens with one attached hydrogen (secondary N) is 1. The molecule has 0 radical (unpaired) electrons. The second-order valence-electron chi connectivity index (χ2n) is 5.92. The summed E-state index contributed by atoms with van der Waals surface area (Å²) in [5.41, 5.74) is 6.71. The quantitative estimate of drug-likeness (QED) is 0.886. The van der Waals surface area contributed by atoms with Crippen molar-refractivity contribution in [2.75, 3.05) is 20.6 Å². The van der Waals surface area contributed by atoms with E-state index in [9.17, 15) is 9.59 Å². The summed E-state index contributed by atoms with van der Waals surface area (Å²) in [5, 5.41) is 3.07. The predicted octanol–water partition coefficient (Wildman–Crippen LogP) is 1.81. The van der Waals surface area contributed by atoms with Gasteiger partial charge in [0.05, 0.1) is 5.54 Å². The van der Waals surface area contributed by atoms with Crippen LogP contribution >= 0.6 is 12.4 Å². The highest BCUT2D eigenvalue weighted by Gasteiger charge is 2.34. The molecular weight excluding hydrogens is 302 g/mol. The third-order valence-electron chi connectivity index (χ3n) is 4.13. The largest absolute Gasteiger partial charge is 0.345 e. The van der Waals surface area contributed by atoms with Crippen LogP contribution in [0, 0.1) is 0 Å². The minimum Gasteiger partial charge on any atom is -0.345 e. The fourth-order valence-electron chi connectivity index (χ4n) is 2.77. The van der Waals surface area contributed by atoms with Crippen LogP contribution in [0.3, 0.4) is 0 Å². The summed E-state index contributed by atoms with van der Waals surface area (Å²) in [6.45, 7) is 0.468. The number of hydrogen-bond donors (Lipinski definition) is 2. The van der Waals surface area contributed by atoms with E-state index in [0.717, 1.165) is 25.7 Å². The Balaban J connectivity index is 0.00000242. The normalized spacial score (nSPS) is 15.8. The van der Waals surface area contributed by atoms with Crippen LogP contribution in [-0.2, 0) is 0 Å². The molecule has 0 bridgehead atoms. The van der Waals surface area contributed by atoms with Gasteiger partial charge in [0.2, 0.25) is 0 Å². The molecule has 122 valence electrons. The Hall–Kier alpha value is -1.59. The Morgan fingerprint density at radius 3 is 2.09 bits per heavy atom. The van der Waals surface area contributed by atoms with Gasteiger partial charge in [0.25, 0.3) is 11.8 Å². The number of rotatable bonds is 4. The Morgan fingerprint density at radius 1 is 1.14 bits per heavy atom. The lowest BCUT2D eigenvalue weighted by Crippen LogP contribution is -2.51. The Bertz CT molecular complexity index is 523. The summed E-state index contributed by atoms with van der Waals surface area (Å²) < 4.78 is 0. The average Bonchev–Trinajstić information content (AvgIpc) is 2.95. The molecule has 0 saturated heterocycles. The zero-order valence-corrected chi connectivity index (χ0v) is 13.9. The first-order chi connectivity index (χ1) is 9.97. The minimum absolute atomic E-state index is 0. The monoisotopic (exact) mass is 325 g/mol. The predicted molar refractivity (Wildman–Crippen MR) is 89.4 cm³/mol. The second kappa shape index (κ2) is 7.61. The van der Waals surface area contributed by atoms with E-state index in [2.05, 4.69) is 5.32 Å². The van der Waals surface area contributed by atoms with Gasteiger partial charge in [-0.05, 0) is 37.1 Å². The molecule has 1 saturated carbocycles. The summed E-state index contributed by atoms with van der Waals surface area (Å²) in [5.74, 6) is -0.192. The molecule has 0 aliphatic heterocycles. The van der Waals surface area contributed by atoms with Crippen LogP contribution in [0.5, 0.6) is 0 Å². The first-order valence-corrected chi connectivity index (χ1v) is 7.32. The standard InChI is InChI=1S/C16H23N3O2.ClH/c1-19(2)15(21)13-7-5-12(6-8-13)14(20)18-16(11-17)9-3-4-10-16;/h5-8H,3-4,9-11,17H2,1-2H3,(H,18,20);1H. The van der Waals surface area contributed by atoms with Gasteiger partial charge in [-0.1, -0.05) is 12.8 Å². The van der Waals surface area contributed by atoms with Gasteiger partial charge >= 0.3 is 0 Å². The zero-order chi connectivity index (χ0) is 15.5. The van der Waals surface area contributed by atoms with Crippen molar-refractivity contribution < 1.29 is 9.59 Å². The van der Waals surface area contributed by atoms with Crippen molar-refractivity contribution in [1.29, 1.82) is 0 Å². The number of carbonyl (C=O) groups is 2. The molecule has 1 aliphatic carbocycles. The van der Waals surface area contributed by atoms with Crippen molar-refractivity contribution >= 4 is 24.2 Å². The lowest BCUT2D eigenvalue weighted by Gasteiger charge is -2.28. The molecule has 0 aromatic heterocycles. The van der Waals surface area contributed by atoms with E-state index >= 15 is 0 Å². The fourth-order valence-corrected chi connectivity index (χ4v) is 2.77. The second-order valence-corrected chi connectivity index (χ2v) is 5.92. The molecule has 0 heterocycles. The van der Waals surface area contributed by atoms with Gasteiger partial charge < -0.3 is 16.0 Å². The first kappa shape index (κ1) is 18.5. The highest BCUT2D eigenvalue weighted by molar-refractivity contribution is 5.98. The maximum Gasteiger partial charge on any atom is 0.253 e. The number of amides is 2. The van der Waals surface area contributed by atoms with Crippen LogP contribution in [0.15, 0.2) is 24.3 Å². The van der Waals surface area contributed by atoms with Crippen LogP contribution in [-0.4, -0.2) is 42.9 Å². The molecule has 6 heteroatoms. The molecule has 1 fully saturated rings. The number of nitrogens with zero attached hydrogens (tertiary/aromatic N) is 1. The van der Waals surface area contributed by atoms with E-state index in [0.29, 0.717) is 17.7 Å². The number of halogens is 1. The maximum atomic E-state index is 12.3. The van der Waals surface area contributed by atoms with Crippen LogP contribution in [0.25, 0.3) is 0 Å². The summed E-state index contributed by atoms with van der Waals surface area (Å²) >= 11 is 0.